The minimum Gasteiger partial charge on any atom is -0.271 e. The second kappa shape index (κ2) is 9.48. The molecule has 1 aromatic heterocycles. The van der Waals surface area contributed by atoms with E-state index in [0.717, 1.165) is 24.3 Å². The van der Waals surface area contributed by atoms with Gasteiger partial charge in [-0.1, -0.05) is 42.5 Å². The highest BCUT2D eigenvalue weighted by Crippen LogP contribution is 2.35. The van der Waals surface area contributed by atoms with Gasteiger partial charge in [-0.2, -0.15) is 34.8 Å². The van der Waals surface area contributed by atoms with Crippen molar-refractivity contribution < 1.29 is 34.8 Å². The van der Waals surface area contributed by atoms with Gasteiger partial charge >= 0.3 is 12.4 Å². The van der Waals surface area contributed by atoms with Gasteiger partial charge in [0.2, 0.25) is 0 Å². The predicted octanol–water partition coefficient (Wildman–Crippen LogP) is 6.13. The number of benzene rings is 3. The average molecular weight is 538 g/mol. The van der Waals surface area contributed by atoms with Crippen molar-refractivity contribution in [2.45, 2.75) is 12.4 Å². The van der Waals surface area contributed by atoms with E-state index in [1.807, 2.05) is 0 Å². The smallest absolute Gasteiger partial charge is 0.271 e. The number of hydrogen-bond acceptors (Lipinski definition) is 4. The number of alkyl halides is 6. The minimum absolute atomic E-state index is 0.0417. The van der Waals surface area contributed by atoms with Crippen LogP contribution in [0.25, 0.3) is 33.8 Å². The Labute approximate surface area is 207 Å². The first-order chi connectivity index (χ1) is 17.2. The first-order valence-corrected chi connectivity index (χ1v) is 11.9. The summed E-state index contributed by atoms with van der Waals surface area (Å²) in [5, 5.41) is 4.99. The Bertz CT molecular complexity index is 1550. The number of halogens is 6. The summed E-state index contributed by atoms with van der Waals surface area (Å²) in [7, 11) is -4.03. The van der Waals surface area contributed by atoms with E-state index in [9.17, 15) is 34.8 Å². The Morgan fingerprint density at radius 3 is 1.86 bits per heavy atom. The Kier molecular flexibility index (Phi) is 6.69. The fraction of sp³-hybridized carbons (Fsp3) is 0.0833. The van der Waals surface area contributed by atoms with Crippen LogP contribution in [0, 0.1) is 0 Å². The zero-order valence-corrected chi connectivity index (χ0v) is 19.3. The monoisotopic (exact) mass is 538 g/mol. The molecule has 0 aliphatic carbocycles. The summed E-state index contributed by atoms with van der Waals surface area (Å²) >= 11 is 0. The highest BCUT2D eigenvalue weighted by molar-refractivity contribution is 7.90. The standard InChI is InChI=1S/C24H16F6N4O2S/c25-23(26,27)18-9-7-14(8-10-18)20-13-21(24(28,29)30)33-22(32-20)17-5-1-3-15(11-17)16-4-2-6-19(12-16)34-37(31,35)36/h1-13,34H,(H2,31,35,36). The Morgan fingerprint density at radius 2 is 1.27 bits per heavy atom. The molecule has 0 saturated heterocycles. The van der Waals surface area contributed by atoms with Crippen LogP contribution in [0.1, 0.15) is 11.3 Å². The molecule has 0 aliphatic heterocycles. The van der Waals surface area contributed by atoms with Crippen LogP contribution in [0.15, 0.2) is 78.9 Å². The molecular weight excluding hydrogens is 522 g/mol. The van der Waals surface area contributed by atoms with Crippen LogP contribution in [-0.2, 0) is 22.6 Å². The summed E-state index contributed by atoms with van der Waals surface area (Å²) < 4.78 is 104. The summed E-state index contributed by atoms with van der Waals surface area (Å²) in [5.74, 6) is -0.301. The van der Waals surface area contributed by atoms with E-state index in [1.165, 1.54) is 24.3 Å². The molecular formula is C24H16F6N4O2S. The molecule has 37 heavy (non-hydrogen) atoms. The molecule has 6 nitrogen and oxygen atoms in total. The predicted molar refractivity (Wildman–Crippen MR) is 125 cm³/mol. The lowest BCUT2D eigenvalue weighted by Crippen LogP contribution is -2.21. The van der Waals surface area contributed by atoms with Gasteiger partial charge in [0, 0.05) is 11.1 Å². The summed E-state index contributed by atoms with van der Waals surface area (Å²) in [6, 6.07) is 16.6. The van der Waals surface area contributed by atoms with Gasteiger partial charge in [-0.25, -0.2) is 15.1 Å². The summed E-state index contributed by atoms with van der Waals surface area (Å²) in [6.07, 6.45) is -9.45. The molecule has 0 amide bonds. The quantitative estimate of drug-likeness (QED) is 0.299. The van der Waals surface area contributed by atoms with Crippen LogP contribution in [0.3, 0.4) is 0 Å². The summed E-state index contributed by atoms with van der Waals surface area (Å²) in [4.78, 5) is 7.81. The lowest BCUT2D eigenvalue weighted by molar-refractivity contribution is -0.141. The van der Waals surface area contributed by atoms with E-state index in [2.05, 4.69) is 14.7 Å². The van der Waals surface area contributed by atoms with Gasteiger partial charge in [0.15, 0.2) is 5.82 Å². The average Bonchev–Trinajstić information content (AvgIpc) is 2.82. The zero-order chi connectivity index (χ0) is 27.0. The maximum Gasteiger partial charge on any atom is 0.433 e. The van der Waals surface area contributed by atoms with E-state index < -0.39 is 33.8 Å². The second-order valence-corrected chi connectivity index (χ2v) is 9.14. The summed E-state index contributed by atoms with van der Waals surface area (Å²) in [6.45, 7) is 0. The number of aromatic nitrogens is 2. The first kappa shape index (κ1) is 26.1. The normalized spacial score (nSPS) is 12.4. The SMILES string of the molecule is NS(=O)(=O)Nc1cccc(-c2cccc(-c3nc(-c4ccc(C(F)(F)F)cc4)cc(C(F)(F)F)n3)c2)c1. The number of hydrogen-bond donors (Lipinski definition) is 2. The van der Waals surface area contributed by atoms with Crippen molar-refractivity contribution in [1.29, 1.82) is 0 Å². The minimum atomic E-state index is -4.84. The first-order valence-electron chi connectivity index (χ1n) is 10.3. The lowest BCUT2D eigenvalue weighted by Gasteiger charge is -2.13. The zero-order valence-electron chi connectivity index (χ0n) is 18.5. The third kappa shape index (κ3) is 6.43. The molecule has 0 unspecified atom stereocenters. The number of nitrogens with two attached hydrogens (primary N) is 1. The van der Waals surface area contributed by atoms with Crippen molar-refractivity contribution in [3.63, 3.8) is 0 Å². The topological polar surface area (TPSA) is 98.0 Å². The Morgan fingerprint density at radius 1 is 0.676 bits per heavy atom. The molecule has 4 aromatic rings. The Balaban J connectivity index is 1.78. The molecule has 192 valence electrons. The van der Waals surface area contributed by atoms with E-state index in [1.54, 1.807) is 24.3 Å². The van der Waals surface area contributed by atoms with Crippen molar-refractivity contribution in [3.05, 3.63) is 90.1 Å². The van der Waals surface area contributed by atoms with Gasteiger partial charge in [-0.3, -0.25) is 4.72 Å². The van der Waals surface area contributed by atoms with Gasteiger partial charge < -0.3 is 0 Å². The van der Waals surface area contributed by atoms with Gasteiger partial charge in [0.05, 0.1) is 16.9 Å². The molecule has 0 atom stereocenters. The number of nitrogens with one attached hydrogen (secondary N) is 1. The second-order valence-electron chi connectivity index (χ2n) is 7.84. The fourth-order valence-corrected chi connectivity index (χ4v) is 3.92. The molecule has 0 radical (unpaired) electrons. The van der Waals surface area contributed by atoms with E-state index >= 15 is 0 Å². The third-order valence-corrected chi connectivity index (χ3v) is 5.62. The Hall–Kier alpha value is -3.97. The van der Waals surface area contributed by atoms with Crippen molar-refractivity contribution >= 4 is 15.9 Å². The molecule has 0 bridgehead atoms. The molecule has 3 N–H and O–H groups in total. The van der Waals surface area contributed by atoms with Gasteiger partial charge in [-0.05, 0) is 47.5 Å². The molecule has 3 aromatic carbocycles. The van der Waals surface area contributed by atoms with Crippen LogP contribution in [0.4, 0.5) is 32.0 Å². The van der Waals surface area contributed by atoms with Crippen molar-refractivity contribution in [2.24, 2.45) is 5.14 Å². The van der Waals surface area contributed by atoms with Crippen LogP contribution >= 0.6 is 0 Å². The highest BCUT2D eigenvalue weighted by Gasteiger charge is 2.34. The molecule has 4 rings (SSSR count). The molecule has 1 heterocycles. The lowest BCUT2D eigenvalue weighted by atomic mass is 10.0. The third-order valence-electron chi connectivity index (χ3n) is 5.10. The molecule has 13 heteroatoms. The molecule has 0 saturated carbocycles. The van der Waals surface area contributed by atoms with Gasteiger partial charge in [-0.15, -0.1) is 0 Å². The molecule has 0 aliphatic rings. The van der Waals surface area contributed by atoms with E-state index in [4.69, 9.17) is 5.14 Å². The number of anilines is 1. The number of nitrogens with zero attached hydrogens (tertiary/aromatic N) is 2. The van der Waals surface area contributed by atoms with Crippen molar-refractivity contribution in [1.82, 2.24) is 9.97 Å². The highest BCUT2D eigenvalue weighted by atomic mass is 32.2. The van der Waals surface area contributed by atoms with Crippen molar-refractivity contribution in [3.8, 4) is 33.8 Å². The van der Waals surface area contributed by atoms with Gasteiger partial charge in [0.1, 0.15) is 5.69 Å². The summed E-state index contributed by atoms with van der Waals surface area (Å²) in [5.41, 5.74) is -0.994. The van der Waals surface area contributed by atoms with Crippen LogP contribution in [0.2, 0.25) is 0 Å². The molecule has 0 fully saturated rings. The maximum absolute atomic E-state index is 13.6. The maximum atomic E-state index is 13.6. The fourth-order valence-electron chi connectivity index (χ4n) is 3.46. The van der Waals surface area contributed by atoms with E-state index in [-0.39, 0.29) is 28.3 Å². The van der Waals surface area contributed by atoms with E-state index in [0.29, 0.717) is 17.2 Å². The molecule has 0 spiro atoms. The van der Waals surface area contributed by atoms with Crippen LogP contribution in [0.5, 0.6) is 0 Å². The van der Waals surface area contributed by atoms with Crippen LogP contribution < -0.4 is 9.86 Å². The number of rotatable bonds is 5. The van der Waals surface area contributed by atoms with Gasteiger partial charge in [0.25, 0.3) is 10.2 Å². The van der Waals surface area contributed by atoms with Crippen LogP contribution in [-0.4, -0.2) is 18.4 Å². The van der Waals surface area contributed by atoms with Crippen molar-refractivity contribution in [2.75, 3.05) is 4.72 Å². The largest absolute Gasteiger partial charge is 0.433 e.